The molecule has 0 amide bonds. The molecule has 0 saturated heterocycles. The van der Waals surface area contributed by atoms with Gasteiger partial charge in [0.05, 0.1) is 5.02 Å². The van der Waals surface area contributed by atoms with Crippen LogP contribution in [-0.4, -0.2) is 9.78 Å². The summed E-state index contributed by atoms with van der Waals surface area (Å²) in [6, 6.07) is 10.7. The van der Waals surface area contributed by atoms with Gasteiger partial charge in [-0.05, 0) is 0 Å². The second kappa shape index (κ2) is 4.68. The SMILES string of the molecule is O=c1cc(Cl)c(-c2ccccc2)nn1CCl. The summed E-state index contributed by atoms with van der Waals surface area (Å²) in [7, 11) is 0. The first-order valence-electron chi connectivity index (χ1n) is 4.61. The van der Waals surface area contributed by atoms with Crippen LogP contribution in [0.2, 0.25) is 5.02 Å². The van der Waals surface area contributed by atoms with Gasteiger partial charge in [-0.2, -0.15) is 5.10 Å². The zero-order valence-electron chi connectivity index (χ0n) is 8.23. The summed E-state index contributed by atoms with van der Waals surface area (Å²) in [6.45, 7) is 0. The lowest BCUT2D eigenvalue weighted by atomic mass is 10.1. The van der Waals surface area contributed by atoms with E-state index in [1.54, 1.807) is 0 Å². The van der Waals surface area contributed by atoms with E-state index in [0.29, 0.717) is 10.7 Å². The van der Waals surface area contributed by atoms with Crippen molar-refractivity contribution in [3.8, 4) is 11.3 Å². The lowest BCUT2D eigenvalue weighted by molar-refractivity contribution is 0.692. The number of benzene rings is 1. The Labute approximate surface area is 102 Å². The van der Waals surface area contributed by atoms with Crippen LogP contribution < -0.4 is 5.56 Å². The molecule has 0 saturated carbocycles. The van der Waals surface area contributed by atoms with E-state index < -0.39 is 0 Å². The number of nitrogens with zero attached hydrogens (tertiary/aromatic N) is 2. The third-order valence-electron chi connectivity index (χ3n) is 2.11. The molecule has 0 spiro atoms. The van der Waals surface area contributed by atoms with E-state index in [1.165, 1.54) is 6.07 Å². The molecule has 0 unspecified atom stereocenters. The molecule has 1 aromatic carbocycles. The second-order valence-electron chi connectivity index (χ2n) is 3.16. The molecule has 0 N–H and O–H groups in total. The zero-order valence-corrected chi connectivity index (χ0v) is 9.74. The number of hydrogen-bond acceptors (Lipinski definition) is 2. The first-order chi connectivity index (χ1) is 7.72. The molecule has 0 aliphatic carbocycles. The largest absolute Gasteiger partial charge is 0.269 e. The Bertz CT molecular complexity index is 552. The highest BCUT2D eigenvalue weighted by Crippen LogP contribution is 2.23. The second-order valence-corrected chi connectivity index (χ2v) is 3.81. The third kappa shape index (κ3) is 2.10. The van der Waals surface area contributed by atoms with Crippen LogP contribution >= 0.6 is 23.2 Å². The van der Waals surface area contributed by atoms with Crippen LogP contribution in [0.4, 0.5) is 0 Å². The quantitative estimate of drug-likeness (QED) is 0.773. The first-order valence-corrected chi connectivity index (χ1v) is 5.52. The fourth-order valence-electron chi connectivity index (χ4n) is 1.35. The van der Waals surface area contributed by atoms with Gasteiger partial charge in [0.1, 0.15) is 11.7 Å². The highest BCUT2D eigenvalue weighted by atomic mass is 35.5. The van der Waals surface area contributed by atoms with Crippen molar-refractivity contribution in [1.82, 2.24) is 9.78 Å². The third-order valence-corrected chi connectivity index (χ3v) is 2.63. The van der Waals surface area contributed by atoms with Crippen LogP contribution in [0.1, 0.15) is 0 Å². The molecule has 1 heterocycles. The van der Waals surface area contributed by atoms with Gasteiger partial charge < -0.3 is 0 Å². The number of alkyl halides is 1. The number of rotatable bonds is 2. The van der Waals surface area contributed by atoms with Crippen molar-refractivity contribution in [3.63, 3.8) is 0 Å². The van der Waals surface area contributed by atoms with Crippen LogP contribution in [0.3, 0.4) is 0 Å². The van der Waals surface area contributed by atoms with Gasteiger partial charge in [-0.25, -0.2) is 4.68 Å². The fraction of sp³-hybridized carbons (Fsp3) is 0.0909. The molecule has 2 rings (SSSR count). The van der Waals surface area contributed by atoms with Gasteiger partial charge in [-0.15, -0.1) is 11.6 Å². The van der Waals surface area contributed by atoms with Crippen LogP contribution in [0.15, 0.2) is 41.2 Å². The van der Waals surface area contributed by atoms with E-state index in [9.17, 15) is 4.79 Å². The van der Waals surface area contributed by atoms with E-state index in [2.05, 4.69) is 5.10 Å². The average Bonchev–Trinajstić information content (AvgIpc) is 2.30. The standard InChI is InChI=1S/C11H8Cl2N2O/c12-7-15-10(16)6-9(13)11(14-15)8-4-2-1-3-5-8/h1-6H,7H2. The van der Waals surface area contributed by atoms with E-state index in [-0.39, 0.29) is 11.6 Å². The monoisotopic (exact) mass is 254 g/mol. The average molecular weight is 255 g/mol. The first kappa shape index (κ1) is 11.2. The van der Waals surface area contributed by atoms with Gasteiger partial charge in [-0.3, -0.25) is 4.79 Å². The molecule has 0 bridgehead atoms. The highest BCUT2D eigenvalue weighted by molar-refractivity contribution is 6.32. The van der Waals surface area contributed by atoms with E-state index in [1.807, 2.05) is 30.3 Å². The van der Waals surface area contributed by atoms with Crippen molar-refractivity contribution in [1.29, 1.82) is 0 Å². The van der Waals surface area contributed by atoms with Crippen molar-refractivity contribution >= 4 is 23.2 Å². The van der Waals surface area contributed by atoms with Crippen LogP contribution in [0.25, 0.3) is 11.3 Å². The summed E-state index contributed by atoms with van der Waals surface area (Å²) in [4.78, 5) is 11.4. The van der Waals surface area contributed by atoms with Crippen molar-refractivity contribution in [2.75, 3.05) is 0 Å². The van der Waals surface area contributed by atoms with E-state index >= 15 is 0 Å². The van der Waals surface area contributed by atoms with Crippen molar-refractivity contribution in [2.24, 2.45) is 0 Å². The molecule has 1 aromatic heterocycles. The topological polar surface area (TPSA) is 34.9 Å². The Hall–Kier alpha value is -1.32. The van der Waals surface area contributed by atoms with Crippen molar-refractivity contribution < 1.29 is 0 Å². The summed E-state index contributed by atoms with van der Waals surface area (Å²) >= 11 is 11.6. The highest BCUT2D eigenvalue weighted by Gasteiger charge is 2.08. The Kier molecular flexibility index (Phi) is 3.27. The minimum absolute atomic E-state index is 0.00976. The predicted octanol–water partition coefficient (Wildman–Crippen LogP) is 2.76. The number of hydrogen-bond donors (Lipinski definition) is 0. The summed E-state index contributed by atoms with van der Waals surface area (Å²) in [5, 5.41) is 4.43. The Morgan fingerprint density at radius 3 is 2.56 bits per heavy atom. The van der Waals surface area contributed by atoms with Crippen molar-refractivity contribution in [3.05, 3.63) is 51.8 Å². The molecular formula is C11H8Cl2N2O. The lowest BCUT2D eigenvalue weighted by Gasteiger charge is -2.05. The number of aromatic nitrogens is 2. The van der Waals surface area contributed by atoms with Crippen LogP contribution in [-0.2, 0) is 6.00 Å². The van der Waals surface area contributed by atoms with E-state index in [0.717, 1.165) is 10.2 Å². The molecule has 0 aliphatic heterocycles. The van der Waals surface area contributed by atoms with Gasteiger partial charge in [0.25, 0.3) is 5.56 Å². The fourth-order valence-corrected chi connectivity index (χ4v) is 1.76. The van der Waals surface area contributed by atoms with Crippen LogP contribution in [0.5, 0.6) is 0 Å². The lowest BCUT2D eigenvalue weighted by Crippen LogP contribution is -2.20. The molecule has 0 fully saturated rings. The minimum atomic E-state index is -0.306. The molecule has 2 aromatic rings. The Balaban J connectivity index is 2.62. The van der Waals surface area contributed by atoms with E-state index in [4.69, 9.17) is 23.2 Å². The molecule has 0 aliphatic rings. The molecule has 5 heteroatoms. The van der Waals surface area contributed by atoms with Gasteiger partial charge in [-0.1, -0.05) is 41.9 Å². The van der Waals surface area contributed by atoms with Gasteiger partial charge in [0.2, 0.25) is 0 Å². The van der Waals surface area contributed by atoms with Crippen molar-refractivity contribution in [2.45, 2.75) is 6.00 Å². The zero-order chi connectivity index (χ0) is 11.5. The summed E-state index contributed by atoms with van der Waals surface area (Å²) in [5.41, 5.74) is 1.11. The van der Waals surface area contributed by atoms with Gasteiger partial charge in [0.15, 0.2) is 0 Å². The maximum Gasteiger partial charge on any atom is 0.269 e. The maximum atomic E-state index is 11.4. The summed E-state index contributed by atoms with van der Waals surface area (Å²) < 4.78 is 1.16. The number of halogens is 2. The Morgan fingerprint density at radius 1 is 1.25 bits per heavy atom. The summed E-state index contributed by atoms with van der Waals surface area (Å²) in [5.74, 6) is 0. The minimum Gasteiger partial charge on any atom is -0.268 e. The van der Waals surface area contributed by atoms with Gasteiger partial charge in [0, 0.05) is 11.6 Å². The molecular weight excluding hydrogens is 247 g/mol. The Morgan fingerprint density at radius 2 is 1.94 bits per heavy atom. The molecule has 16 heavy (non-hydrogen) atoms. The van der Waals surface area contributed by atoms with Gasteiger partial charge >= 0.3 is 0 Å². The molecule has 0 radical (unpaired) electrons. The normalized spacial score (nSPS) is 10.4. The molecule has 82 valence electrons. The van der Waals surface area contributed by atoms with Crippen LogP contribution in [0, 0.1) is 0 Å². The smallest absolute Gasteiger partial charge is 0.268 e. The maximum absolute atomic E-state index is 11.4. The molecule has 0 atom stereocenters. The predicted molar refractivity (Wildman–Crippen MR) is 64.8 cm³/mol. The molecule has 3 nitrogen and oxygen atoms in total. The summed E-state index contributed by atoms with van der Waals surface area (Å²) in [6.07, 6.45) is 0.